The van der Waals surface area contributed by atoms with Crippen molar-refractivity contribution in [1.82, 2.24) is 15.3 Å². The molecule has 0 bridgehead atoms. The number of nitrogens with zero attached hydrogens (tertiary/aromatic N) is 2. The van der Waals surface area contributed by atoms with E-state index in [0.717, 1.165) is 34.7 Å². The Kier molecular flexibility index (Phi) is 7.15. The predicted octanol–water partition coefficient (Wildman–Crippen LogP) is 3.27. The molecule has 2 aromatic rings. The molecule has 1 heterocycles. The number of hydrogen-bond acceptors (Lipinski definition) is 5. The second-order valence-corrected chi connectivity index (χ2v) is 6.27. The first-order valence-corrected chi connectivity index (χ1v) is 8.44. The van der Waals surface area contributed by atoms with Crippen molar-refractivity contribution in [3.63, 3.8) is 0 Å². The first-order valence-electron chi connectivity index (χ1n) is 6.66. The molecule has 0 saturated carbocycles. The molecule has 1 aromatic heterocycles. The van der Waals surface area contributed by atoms with Crippen LogP contribution < -0.4 is 5.32 Å². The lowest BCUT2D eigenvalue weighted by atomic mass is 10.3. The Morgan fingerprint density at radius 1 is 1.24 bits per heavy atom. The summed E-state index contributed by atoms with van der Waals surface area (Å²) in [7, 11) is 1.70. The van der Waals surface area contributed by atoms with Crippen molar-refractivity contribution in [3.05, 3.63) is 52.5 Å². The molecule has 2 rings (SSSR count). The van der Waals surface area contributed by atoms with Crippen LogP contribution in [0.5, 0.6) is 0 Å². The summed E-state index contributed by atoms with van der Waals surface area (Å²) in [4.78, 5) is 10.0. The van der Waals surface area contributed by atoms with E-state index in [-0.39, 0.29) is 0 Å². The average molecular weight is 368 g/mol. The van der Waals surface area contributed by atoms with Gasteiger partial charge in [-0.25, -0.2) is 9.97 Å². The van der Waals surface area contributed by atoms with Gasteiger partial charge >= 0.3 is 0 Å². The van der Waals surface area contributed by atoms with Crippen LogP contribution in [0.15, 0.2) is 46.0 Å². The molecule has 0 fully saturated rings. The minimum Gasteiger partial charge on any atom is -0.383 e. The molecule has 4 nitrogen and oxygen atoms in total. The van der Waals surface area contributed by atoms with Gasteiger partial charge in [0.1, 0.15) is 5.82 Å². The molecule has 0 spiro atoms. The summed E-state index contributed by atoms with van der Waals surface area (Å²) < 4.78 is 6.09. The molecule has 0 aliphatic carbocycles. The minimum absolute atomic E-state index is 0.710. The van der Waals surface area contributed by atoms with Gasteiger partial charge in [0.25, 0.3) is 0 Å². The van der Waals surface area contributed by atoms with Crippen molar-refractivity contribution in [1.29, 1.82) is 0 Å². The Bertz CT molecular complexity index is 551. The molecule has 1 aromatic carbocycles. The monoisotopic (exact) mass is 367 g/mol. The van der Waals surface area contributed by atoms with E-state index in [4.69, 9.17) is 4.74 Å². The summed E-state index contributed by atoms with van der Waals surface area (Å²) in [5.74, 6) is 1.61. The fourth-order valence-corrected chi connectivity index (χ4v) is 3.10. The molecule has 0 aliphatic heterocycles. The quantitative estimate of drug-likeness (QED) is 0.573. The molecule has 0 amide bonds. The van der Waals surface area contributed by atoms with Gasteiger partial charge in [-0.05, 0) is 28.1 Å². The minimum atomic E-state index is 0.710. The summed E-state index contributed by atoms with van der Waals surface area (Å²) in [6, 6.07) is 8.17. The summed E-state index contributed by atoms with van der Waals surface area (Å²) in [6.07, 6.45) is 3.76. The van der Waals surface area contributed by atoms with Crippen LogP contribution in [0, 0.1) is 0 Å². The van der Waals surface area contributed by atoms with Gasteiger partial charge in [0.2, 0.25) is 0 Å². The Hall–Kier alpha value is -0.950. The van der Waals surface area contributed by atoms with Crippen LogP contribution in [-0.2, 0) is 17.0 Å². The summed E-state index contributed by atoms with van der Waals surface area (Å²) in [5.41, 5.74) is 1.08. The second-order valence-electron chi connectivity index (χ2n) is 4.40. The van der Waals surface area contributed by atoms with Crippen molar-refractivity contribution in [2.75, 3.05) is 20.3 Å². The van der Waals surface area contributed by atoms with Crippen LogP contribution in [0.25, 0.3) is 0 Å². The fourth-order valence-electron chi connectivity index (χ4n) is 1.66. The van der Waals surface area contributed by atoms with Crippen LogP contribution in [-0.4, -0.2) is 30.2 Å². The SMILES string of the molecule is COCCNCc1cnc(CSc2ccccc2Br)nc1. The Morgan fingerprint density at radius 2 is 2.00 bits per heavy atom. The lowest BCUT2D eigenvalue weighted by Crippen LogP contribution is -2.18. The van der Waals surface area contributed by atoms with Gasteiger partial charge in [0, 0.05) is 47.5 Å². The van der Waals surface area contributed by atoms with Crippen molar-refractivity contribution in [2.45, 2.75) is 17.2 Å². The van der Waals surface area contributed by atoms with E-state index in [1.165, 1.54) is 4.90 Å². The van der Waals surface area contributed by atoms with Gasteiger partial charge in [-0.3, -0.25) is 0 Å². The average Bonchev–Trinajstić information content (AvgIpc) is 2.52. The molecule has 112 valence electrons. The zero-order valence-corrected chi connectivity index (χ0v) is 14.3. The molecule has 0 radical (unpaired) electrons. The zero-order valence-electron chi connectivity index (χ0n) is 11.9. The largest absolute Gasteiger partial charge is 0.383 e. The number of methoxy groups -OCH3 is 1. The normalized spacial score (nSPS) is 10.8. The van der Waals surface area contributed by atoms with Crippen LogP contribution in [0.4, 0.5) is 0 Å². The third-order valence-electron chi connectivity index (χ3n) is 2.76. The Labute approximate surface area is 137 Å². The van der Waals surface area contributed by atoms with E-state index in [1.54, 1.807) is 18.9 Å². The van der Waals surface area contributed by atoms with Gasteiger partial charge in [-0.15, -0.1) is 11.8 Å². The highest BCUT2D eigenvalue weighted by molar-refractivity contribution is 9.10. The number of halogens is 1. The fraction of sp³-hybridized carbons (Fsp3) is 0.333. The first kappa shape index (κ1) is 16.4. The van der Waals surface area contributed by atoms with E-state index in [9.17, 15) is 0 Å². The van der Waals surface area contributed by atoms with Crippen molar-refractivity contribution in [3.8, 4) is 0 Å². The maximum atomic E-state index is 4.98. The Balaban J connectivity index is 1.81. The standard InChI is InChI=1S/C15H18BrN3OS/c1-20-7-6-17-8-12-9-18-15(19-10-12)11-21-14-5-3-2-4-13(14)16/h2-5,9-10,17H,6-8,11H2,1H3. The summed E-state index contributed by atoms with van der Waals surface area (Å²) in [5, 5.41) is 3.27. The van der Waals surface area contributed by atoms with Crippen molar-refractivity contribution in [2.24, 2.45) is 0 Å². The number of hydrogen-bond donors (Lipinski definition) is 1. The number of nitrogens with one attached hydrogen (secondary N) is 1. The number of rotatable bonds is 8. The van der Waals surface area contributed by atoms with Gasteiger partial charge in [-0.1, -0.05) is 12.1 Å². The highest BCUT2D eigenvalue weighted by Crippen LogP contribution is 2.28. The number of thioether (sulfide) groups is 1. The molecular formula is C15H18BrN3OS. The summed E-state index contributed by atoms with van der Waals surface area (Å²) >= 11 is 5.27. The molecule has 0 aliphatic rings. The lowest BCUT2D eigenvalue weighted by molar-refractivity contribution is 0.199. The van der Waals surface area contributed by atoms with Crippen molar-refractivity contribution >= 4 is 27.7 Å². The molecule has 0 saturated heterocycles. The molecule has 21 heavy (non-hydrogen) atoms. The van der Waals surface area contributed by atoms with Crippen LogP contribution in [0.3, 0.4) is 0 Å². The lowest BCUT2D eigenvalue weighted by Gasteiger charge is -2.05. The number of benzene rings is 1. The maximum Gasteiger partial charge on any atom is 0.138 e. The van der Waals surface area contributed by atoms with E-state index in [0.29, 0.717) is 6.61 Å². The van der Waals surface area contributed by atoms with Gasteiger partial charge in [-0.2, -0.15) is 0 Å². The Morgan fingerprint density at radius 3 is 2.71 bits per heavy atom. The smallest absolute Gasteiger partial charge is 0.138 e. The van der Waals surface area contributed by atoms with Crippen molar-refractivity contribution < 1.29 is 4.74 Å². The molecule has 6 heteroatoms. The second kappa shape index (κ2) is 9.15. The third kappa shape index (κ3) is 5.74. The number of ether oxygens (including phenoxy) is 1. The maximum absolute atomic E-state index is 4.98. The first-order chi connectivity index (χ1) is 10.3. The van der Waals surface area contributed by atoms with Crippen LogP contribution in [0.1, 0.15) is 11.4 Å². The van der Waals surface area contributed by atoms with E-state index < -0.39 is 0 Å². The van der Waals surface area contributed by atoms with Gasteiger partial charge in [0.15, 0.2) is 0 Å². The predicted molar refractivity (Wildman–Crippen MR) is 89.3 cm³/mol. The zero-order chi connectivity index (χ0) is 14.9. The molecule has 0 atom stereocenters. The van der Waals surface area contributed by atoms with Gasteiger partial charge in [0.05, 0.1) is 12.4 Å². The summed E-state index contributed by atoms with van der Waals surface area (Å²) in [6.45, 7) is 2.30. The number of aromatic nitrogens is 2. The van der Waals surface area contributed by atoms with Crippen LogP contribution in [0.2, 0.25) is 0 Å². The highest BCUT2D eigenvalue weighted by atomic mass is 79.9. The highest BCUT2D eigenvalue weighted by Gasteiger charge is 2.02. The van der Waals surface area contributed by atoms with E-state index >= 15 is 0 Å². The molecular weight excluding hydrogens is 350 g/mol. The van der Waals surface area contributed by atoms with Gasteiger partial charge < -0.3 is 10.1 Å². The third-order valence-corrected chi connectivity index (χ3v) is 4.79. The molecule has 1 N–H and O–H groups in total. The topological polar surface area (TPSA) is 47.0 Å². The van der Waals surface area contributed by atoms with E-state index in [1.807, 2.05) is 30.6 Å². The van der Waals surface area contributed by atoms with Crippen LogP contribution >= 0.6 is 27.7 Å². The molecule has 0 unspecified atom stereocenters. The van der Waals surface area contributed by atoms with E-state index in [2.05, 4.69) is 37.3 Å².